The molecule has 0 fully saturated rings. The van der Waals surface area contributed by atoms with Crippen molar-refractivity contribution in [1.29, 1.82) is 0 Å². The second-order valence-corrected chi connectivity index (χ2v) is 14.0. The topological polar surface area (TPSA) is 25.8 Å². The summed E-state index contributed by atoms with van der Waals surface area (Å²) in [6.45, 7) is 13.8. The summed E-state index contributed by atoms with van der Waals surface area (Å²) in [6, 6.07) is 13.8. The van der Waals surface area contributed by atoms with Gasteiger partial charge in [0.25, 0.3) is 0 Å². The number of hydrogen-bond acceptors (Lipinski definition) is 3. The van der Waals surface area contributed by atoms with Crippen molar-refractivity contribution in [1.82, 2.24) is 8.75 Å². The van der Waals surface area contributed by atoms with E-state index < -0.39 is 0 Å². The predicted octanol–water partition coefficient (Wildman–Crippen LogP) is 5.73. The van der Waals surface area contributed by atoms with Crippen molar-refractivity contribution in [2.24, 2.45) is 0 Å². The molecule has 140 valence electrons. The number of benzene rings is 1. The van der Waals surface area contributed by atoms with Crippen LogP contribution in [0.1, 0.15) is 50.4 Å². The summed E-state index contributed by atoms with van der Waals surface area (Å²) < 4.78 is 15.3. The minimum atomic E-state index is 0.240. The van der Waals surface area contributed by atoms with E-state index in [1.807, 2.05) is 0 Å². The fraction of sp³-hybridized carbons (Fsp3) is 0.364. The van der Waals surface area contributed by atoms with Crippen LogP contribution in [-0.2, 0) is 10.8 Å². The average molecular weight is 506 g/mol. The summed E-state index contributed by atoms with van der Waals surface area (Å²) in [4.78, 5) is 0. The van der Waals surface area contributed by atoms with Crippen LogP contribution in [0.4, 0.5) is 0 Å². The SMILES string of the molecule is CC(C)(C)c1ccc(-c2ccc(-c3ccc(C(C)(C)C)[se]3)c3nsnc23)[se]1. The fourth-order valence-electron chi connectivity index (χ4n) is 3.04. The predicted molar refractivity (Wildman–Crippen MR) is 120 cm³/mol. The molecule has 0 radical (unpaired) electrons. The molecule has 2 nitrogen and oxygen atoms in total. The van der Waals surface area contributed by atoms with E-state index in [9.17, 15) is 0 Å². The number of hydrogen-bond donors (Lipinski definition) is 0. The summed E-state index contributed by atoms with van der Waals surface area (Å²) in [5.41, 5.74) is 5.18. The second kappa shape index (κ2) is 6.83. The van der Waals surface area contributed by atoms with Crippen LogP contribution >= 0.6 is 11.7 Å². The maximum absolute atomic E-state index is 4.69. The summed E-state index contributed by atoms with van der Waals surface area (Å²) >= 11 is 2.07. The summed E-state index contributed by atoms with van der Waals surface area (Å²) in [5, 5.41) is 0. The first kappa shape index (κ1) is 19.4. The van der Waals surface area contributed by atoms with Crippen molar-refractivity contribution in [3.05, 3.63) is 45.3 Å². The quantitative estimate of drug-likeness (QED) is 0.325. The molecule has 4 aromatic rings. The van der Waals surface area contributed by atoms with Crippen molar-refractivity contribution >= 4 is 51.8 Å². The summed E-state index contributed by atoms with van der Waals surface area (Å²) in [6.07, 6.45) is 0. The van der Waals surface area contributed by atoms with Crippen LogP contribution in [0.25, 0.3) is 31.0 Å². The molecular formula is C22H24N2SSe2. The zero-order chi connectivity index (χ0) is 19.4. The van der Waals surface area contributed by atoms with E-state index in [2.05, 4.69) is 86.7 Å². The van der Waals surface area contributed by atoms with Crippen LogP contribution < -0.4 is 0 Å². The molecule has 4 rings (SSSR count). The molecule has 0 saturated heterocycles. The molecule has 0 amide bonds. The van der Waals surface area contributed by atoms with E-state index in [-0.39, 0.29) is 10.8 Å². The Morgan fingerprint density at radius 2 is 1.04 bits per heavy atom. The number of aromatic nitrogens is 2. The molecule has 0 unspecified atom stereocenters. The Hall–Kier alpha value is -0.961. The standard InChI is InChI=1S/C22H24N2SSe2/c1-21(2,3)17-11-9-15(26-17)13-7-8-14(20-19(13)23-25-24-20)16-10-12-18(27-16)22(4,5)6/h7-12H,1-6H3. The van der Waals surface area contributed by atoms with E-state index in [1.165, 1.54) is 31.7 Å². The van der Waals surface area contributed by atoms with Gasteiger partial charge in [-0.05, 0) is 0 Å². The Labute approximate surface area is 177 Å². The molecule has 0 N–H and O–H groups in total. The van der Waals surface area contributed by atoms with E-state index in [0.717, 1.165) is 11.0 Å². The van der Waals surface area contributed by atoms with Gasteiger partial charge in [0.1, 0.15) is 0 Å². The van der Waals surface area contributed by atoms with Gasteiger partial charge in [-0.15, -0.1) is 0 Å². The fourth-order valence-corrected chi connectivity index (χ4v) is 8.18. The van der Waals surface area contributed by atoms with Crippen LogP contribution in [0.3, 0.4) is 0 Å². The van der Waals surface area contributed by atoms with E-state index in [4.69, 9.17) is 0 Å². The van der Waals surface area contributed by atoms with Gasteiger partial charge in [-0.2, -0.15) is 0 Å². The Morgan fingerprint density at radius 3 is 1.37 bits per heavy atom. The van der Waals surface area contributed by atoms with Gasteiger partial charge in [-0.1, -0.05) is 0 Å². The van der Waals surface area contributed by atoms with Crippen LogP contribution in [0, 0.1) is 0 Å². The third-order valence-electron chi connectivity index (χ3n) is 4.64. The summed E-state index contributed by atoms with van der Waals surface area (Å²) in [7, 11) is 0. The molecule has 0 spiro atoms. The maximum atomic E-state index is 4.69. The van der Waals surface area contributed by atoms with Crippen molar-refractivity contribution < 1.29 is 0 Å². The van der Waals surface area contributed by atoms with Crippen LogP contribution in [0.2, 0.25) is 0 Å². The van der Waals surface area contributed by atoms with Crippen molar-refractivity contribution in [3.63, 3.8) is 0 Å². The van der Waals surface area contributed by atoms with Gasteiger partial charge in [0.05, 0.1) is 0 Å². The normalized spacial score (nSPS) is 12.8. The van der Waals surface area contributed by atoms with Crippen LogP contribution in [0.5, 0.6) is 0 Å². The average Bonchev–Trinajstić information content (AvgIpc) is 3.31. The van der Waals surface area contributed by atoms with Gasteiger partial charge in [0.15, 0.2) is 0 Å². The molecule has 0 atom stereocenters. The zero-order valence-electron chi connectivity index (χ0n) is 16.6. The van der Waals surface area contributed by atoms with Gasteiger partial charge >= 0.3 is 178 Å². The number of nitrogens with zero attached hydrogens (tertiary/aromatic N) is 2. The molecule has 0 saturated carbocycles. The molecule has 27 heavy (non-hydrogen) atoms. The van der Waals surface area contributed by atoms with Crippen molar-refractivity contribution in [3.8, 4) is 20.0 Å². The van der Waals surface area contributed by atoms with E-state index in [0.29, 0.717) is 29.0 Å². The van der Waals surface area contributed by atoms with Crippen LogP contribution in [0.15, 0.2) is 36.4 Å². The molecule has 0 aliphatic rings. The minimum absolute atomic E-state index is 0.240. The monoisotopic (exact) mass is 508 g/mol. The van der Waals surface area contributed by atoms with Crippen molar-refractivity contribution in [2.45, 2.75) is 52.4 Å². The zero-order valence-corrected chi connectivity index (χ0v) is 20.8. The summed E-state index contributed by atoms with van der Waals surface area (Å²) in [5.74, 6) is 0. The molecule has 5 heteroatoms. The first-order valence-corrected chi connectivity index (χ1v) is 13.3. The van der Waals surface area contributed by atoms with Gasteiger partial charge < -0.3 is 0 Å². The van der Waals surface area contributed by atoms with Gasteiger partial charge in [0, 0.05) is 0 Å². The van der Waals surface area contributed by atoms with Gasteiger partial charge in [-0.25, -0.2) is 0 Å². The Morgan fingerprint density at radius 1 is 0.630 bits per heavy atom. The Kier molecular flexibility index (Phi) is 4.89. The second-order valence-electron chi connectivity index (χ2n) is 8.95. The Bertz CT molecular complexity index is 1020. The number of rotatable bonds is 2. The van der Waals surface area contributed by atoms with Gasteiger partial charge in [0.2, 0.25) is 0 Å². The van der Waals surface area contributed by atoms with E-state index >= 15 is 0 Å². The van der Waals surface area contributed by atoms with Gasteiger partial charge in [-0.3, -0.25) is 0 Å². The number of fused-ring (bicyclic) bond motifs is 1. The molecule has 1 aromatic carbocycles. The Balaban J connectivity index is 1.82. The first-order chi connectivity index (χ1) is 12.6. The molecular weight excluding hydrogens is 482 g/mol. The molecule has 0 aliphatic carbocycles. The first-order valence-electron chi connectivity index (χ1n) is 9.11. The third-order valence-corrected chi connectivity index (χ3v) is 11.6. The molecule has 3 heterocycles. The molecule has 0 aliphatic heterocycles. The van der Waals surface area contributed by atoms with Crippen molar-refractivity contribution in [2.75, 3.05) is 0 Å². The van der Waals surface area contributed by atoms with Crippen LogP contribution in [-0.4, -0.2) is 37.8 Å². The molecule has 0 bridgehead atoms. The third kappa shape index (κ3) is 3.69. The van der Waals surface area contributed by atoms with E-state index in [1.54, 1.807) is 8.87 Å². The molecule has 3 aromatic heterocycles.